The molecule has 19 heavy (non-hydrogen) atoms. The zero-order valence-electron chi connectivity index (χ0n) is 10.6. The molecule has 4 nitrogen and oxygen atoms in total. The molecule has 1 aliphatic rings. The molecule has 1 aliphatic heterocycles. The van der Waals surface area contributed by atoms with Crippen molar-refractivity contribution < 1.29 is 9.53 Å². The van der Waals surface area contributed by atoms with E-state index in [-0.39, 0.29) is 12.0 Å². The fraction of sp³-hybridized carbons (Fsp3) is 0.267. The molecule has 1 amide bonds. The van der Waals surface area contributed by atoms with Gasteiger partial charge >= 0.3 is 0 Å². The minimum absolute atomic E-state index is 0.0455. The van der Waals surface area contributed by atoms with Gasteiger partial charge in [-0.25, -0.2) is 0 Å². The minimum atomic E-state index is 0.0455. The first-order valence-corrected chi connectivity index (χ1v) is 6.47. The fourth-order valence-electron chi connectivity index (χ4n) is 2.33. The number of nitrogens with zero attached hydrogens (tertiary/aromatic N) is 1. The number of rotatable bonds is 3. The molecule has 1 atom stereocenters. The Kier molecular flexibility index (Phi) is 3.23. The van der Waals surface area contributed by atoms with E-state index >= 15 is 0 Å². The van der Waals surface area contributed by atoms with Crippen LogP contribution < -0.4 is 4.74 Å². The summed E-state index contributed by atoms with van der Waals surface area (Å²) in [6.45, 7) is 1.39. The van der Waals surface area contributed by atoms with Crippen LogP contribution in [0.5, 0.6) is 5.75 Å². The quantitative estimate of drug-likeness (QED) is 0.916. The van der Waals surface area contributed by atoms with Gasteiger partial charge in [0, 0.05) is 19.2 Å². The average molecular weight is 256 g/mol. The highest BCUT2D eigenvalue weighted by Crippen LogP contribution is 2.19. The van der Waals surface area contributed by atoms with Crippen LogP contribution in [-0.2, 0) is 0 Å². The van der Waals surface area contributed by atoms with Crippen LogP contribution >= 0.6 is 0 Å². The normalized spacial score (nSPS) is 18.5. The van der Waals surface area contributed by atoms with Gasteiger partial charge in [0.1, 0.15) is 17.5 Å². The third-order valence-corrected chi connectivity index (χ3v) is 3.31. The van der Waals surface area contributed by atoms with Crippen LogP contribution in [0.3, 0.4) is 0 Å². The summed E-state index contributed by atoms with van der Waals surface area (Å²) in [4.78, 5) is 16.9. The number of nitrogens with one attached hydrogen (secondary N) is 1. The van der Waals surface area contributed by atoms with Crippen molar-refractivity contribution in [2.75, 3.05) is 13.1 Å². The molecule has 1 unspecified atom stereocenters. The lowest BCUT2D eigenvalue weighted by atomic mass is 10.3. The van der Waals surface area contributed by atoms with Crippen LogP contribution in [0.1, 0.15) is 16.9 Å². The number of benzene rings is 1. The van der Waals surface area contributed by atoms with Gasteiger partial charge in [-0.15, -0.1) is 0 Å². The highest BCUT2D eigenvalue weighted by atomic mass is 16.5. The molecule has 1 N–H and O–H groups in total. The molecule has 98 valence electrons. The zero-order chi connectivity index (χ0) is 13.1. The summed E-state index contributed by atoms with van der Waals surface area (Å²) in [5, 5.41) is 0. The first-order chi connectivity index (χ1) is 9.33. The molecule has 0 spiro atoms. The molecule has 0 radical (unpaired) electrons. The zero-order valence-corrected chi connectivity index (χ0v) is 10.6. The van der Waals surface area contributed by atoms with E-state index in [4.69, 9.17) is 4.74 Å². The summed E-state index contributed by atoms with van der Waals surface area (Å²) >= 11 is 0. The number of aromatic amines is 1. The maximum absolute atomic E-state index is 12.1. The molecule has 0 aliphatic carbocycles. The highest BCUT2D eigenvalue weighted by Gasteiger charge is 2.28. The van der Waals surface area contributed by atoms with Gasteiger partial charge in [0.2, 0.25) is 0 Å². The molecular formula is C15H16N2O2. The summed E-state index contributed by atoms with van der Waals surface area (Å²) < 4.78 is 5.87. The molecule has 1 saturated heterocycles. The smallest absolute Gasteiger partial charge is 0.270 e. The van der Waals surface area contributed by atoms with Gasteiger partial charge in [-0.3, -0.25) is 4.79 Å². The predicted octanol–water partition coefficient (Wildman–Crippen LogP) is 2.31. The molecule has 0 saturated carbocycles. The van der Waals surface area contributed by atoms with Gasteiger partial charge in [-0.2, -0.15) is 0 Å². The molecule has 4 heteroatoms. The SMILES string of the molecule is O=C(c1ccc[nH]1)N1CCC(Oc2ccccc2)C1. The van der Waals surface area contributed by atoms with Crippen LogP contribution in [0.2, 0.25) is 0 Å². The van der Waals surface area contributed by atoms with Crippen LogP contribution in [0.25, 0.3) is 0 Å². The highest BCUT2D eigenvalue weighted by molar-refractivity contribution is 5.92. The lowest BCUT2D eigenvalue weighted by molar-refractivity contribution is 0.0767. The summed E-state index contributed by atoms with van der Waals surface area (Å²) in [6.07, 6.45) is 2.73. The van der Waals surface area contributed by atoms with Gasteiger partial charge < -0.3 is 14.6 Å². The number of carbonyl (C=O) groups excluding carboxylic acids is 1. The van der Waals surface area contributed by atoms with E-state index in [9.17, 15) is 4.79 Å². The van der Waals surface area contributed by atoms with E-state index in [1.807, 2.05) is 41.3 Å². The monoisotopic (exact) mass is 256 g/mol. The Morgan fingerprint density at radius 1 is 1.21 bits per heavy atom. The lowest BCUT2D eigenvalue weighted by Gasteiger charge is -2.16. The van der Waals surface area contributed by atoms with Crippen molar-refractivity contribution in [1.29, 1.82) is 0 Å². The second-order valence-electron chi connectivity index (χ2n) is 4.68. The Hall–Kier alpha value is -2.23. The van der Waals surface area contributed by atoms with Crippen molar-refractivity contribution in [2.24, 2.45) is 0 Å². The Balaban J connectivity index is 1.60. The van der Waals surface area contributed by atoms with Crippen LogP contribution in [0.15, 0.2) is 48.7 Å². The number of para-hydroxylation sites is 1. The molecule has 1 aromatic heterocycles. The summed E-state index contributed by atoms with van der Waals surface area (Å²) in [6, 6.07) is 13.4. The standard InChI is InChI=1S/C15H16N2O2/c18-15(14-7-4-9-16-14)17-10-8-13(11-17)19-12-5-2-1-3-6-12/h1-7,9,13,16H,8,10-11H2. The number of aromatic nitrogens is 1. The molecular weight excluding hydrogens is 240 g/mol. The molecule has 2 heterocycles. The predicted molar refractivity (Wildman–Crippen MR) is 72.2 cm³/mol. The largest absolute Gasteiger partial charge is 0.489 e. The van der Waals surface area contributed by atoms with Crippen molar-refractivity contribution in [2.45, 2.75) is 12.5 Å². The second-order valence-corrected chi connectivity index (χ2v) is 4.68. The Labute approximate surface area is 112 Å². The van der Waals surface area contributed by atoms with Crippen molar-refractivity contribution in [1.82, 2.24) is 9.88 Å². The van der Waals surface area contributed by atoms with Gasteiger partial charge in [0.05, 0.1) is 6.54 Å². The van der Waals surface area contributed by atoms with Gasteiger partial charge in [0.15, 0.2) is 0 Å². The number of hydrogen-bond acceptors (Lipinski definition) is 2. The summed E-state index contributed by atoms with van der Waals surface area (Å²) in [7, 11) is 0. The van der Waals surface area contributed by atoms with E-state index in [1.165, 1.54) is 0 Å². The number of carbonyl (C=O) groups is 1. The molecule has 0 bridgehead atoms. The number of likely N-dealkylation sites (tertiary alicyclic amines) is 1. The first kappa shape index (κ1) is 11.8. The van der Waals surface area contributed by atoms with E-state index in [0.29, 0.717) is 12.2 Å². The molecule has 1 aromatic carbocycles. The fourth-order valence-corrected chi connectivity index (χ4v) is 2.33. The maximum atomic E-state index is 12.1. The van der Waals surface area contributed by atoms with Crippen LogP contribution in [-0.4, -0.2) is 35.0 Å². The van der Waals surface area contributed by atoms with Gasteiger partial charge in [-0.05, 0) is 24.3 Å². The van der Waals surface area contributed by atoms with E-state index in [2.05, 4.69) is 4.98 Å². The topological polar surface area (TPSA) is 45.3 Å². The Bertz CT molecular complexity index is 537. The Morgan fingerprint density at radius 3 is 2.79 bits per heavy atom. The third-order valence-electron chi connectivity index (χ3n) is 3.31. The molecule has 2 aromatic rings. The minimum Gasteiger partial charge on any atom is -0.489 e. The van der Waals surface area contributed by atoms with Crippen molar-refractivity contribution >= 4 is 5.91 Å². The molecule has 3 rings (SSSR count). The average Bonchev–Trinajstić information content (AvgIpc) is 3.10. The van der Waals surface area contributed by atoms with Crippen LogP contribution in [0, 0.1) is 0 Å². The van der Waals surface area contributed by atoms with Crippen LogP contribution in [0.4, 0.5) is 0 Å². The second kappa shape index (κ2) is 5.18. The molecule has 1 fully saturated rings. The van der Waals surface area contributed by atoms with Gasteiger partial charge in [-0.1, -0.05) is 18.2 Å². The van der Waals surface area contributed by atoms with E-state index in [0.717, 1.165) is 18.7 Å². The van der Waals surface area contributed by atoms with Crippen molar-refractivity contribution in [3.63, 3.8) is 0 Å². The number of amides is 1. The first-order valence-electron chi connectivity index (χ1n) is 6.47. The van der Waals surface area contributed by atoms with Gasteiger partial charge in [0.25, 0.3) is 5.91 Å². The summed E-state index contributed by atoms with van der Waals surface area (Å²) in [5.74, 6) is 0.908. The van der Waals surface area contributed by atoms with E-state index in [1.54, 1.807) is 12.3 Å². The number of H-pyrrole nitrogens is 1. The maximum Gasteiger partial charge on any atom is 0.270 e. The third kappa shape index (κ3) is 2.62. The number of ether oxygens (including phenoxy) is 1. The summed E-state index contributed by atoms with van der Waals surface area (Å²) in [5.41, 5.74) is 0.639. The van der Waals surface area contributed by atoms with Crippen molar-refractivity contribution in [3.05, 3.63) is 54.4 Å². The van der Waals surface area contributed by atoms with Crippen molar-refractivity contribution in [3.8, 4) is 5.75 Å². The van der Waals surface area contributed by atoms with E-state index < -0.39 is 0 Å². The lowest BCUT2D eigenvalue weighted by Crippen LogP contribution is -2.31. The Morgan fingerprint density at radius 2 is 2.05 bits per heavy atom. The number of hydrogen-bond donors (Lipinski definition) is 1.